The second-order valence-electron chi connectivity index (χ2n) is 4.54. The van der Waals surface area contributed by atoms with Crippen LogP contribution in [0.5, 0.6) is 0 Å². The number of halogens is 2. The van der Waals surface area contributed by atoms with Gasteiger partial charge in [-0.1, -0.05) is 45.0 Å². The van der Waals surface area contributed by atoms with Gasteiger partial charge in [-0.15, -0.1) is 0 Å². The van der Waals surface area contributed by atoms with Gasteiger partial charge in [0.15, 0.2) is 0 Å². The molecular weight excluding hydrogens is 194 g/mol. The third kappa shape index (κ3) is 3.01. The van der Waals surface area contributed by atoms with Crippen LogP contribution in [0.2, 0.25) is 0 Å². The molecule has 1 rings (SSSR count). The predicted octanol–water partition coefficient (Wildman–Crippen LogP) is 4.56. The van der Waals surface area contributed by atoms with E-state index in [1.165, 1.54) is 12.1 Å². The third-order valence-electron chi connectivity index (χ3n) is 2.94. The van der Waals surface area contributed by atoms with E-state index in [1.54, 1.807) is 12.1 Å². The van der Waals surface area contributed by atoms with Crippen molar-refractivity contribution in [1.29, 1.82) is 0 Å². The first-order valence-corrected chi connectivity index (χ1v) is 5.30. The molecule has 0 aliphatic carbocycles. The zero-order chi connectivity index (χ0) is 11.6. The quantitative estimate of drug-likeness (QED) is 0.689. The van der Waals surface area contributed by atoms with Gasteiger partial charge in [-0.2, -0.15) is 0 Å². The maximum absolute atomic E-state index is 12.9. The van der Waals surface area contributed by atoms with Gasteiger partial charge < -0.3 is 0 Å². The van der Waals surface area contributed by atoms with Crippen LogP contribution in [0.1, 0.15) is 44.7 Å². The van der Waals surface area contributed by atoms with Crippen molar-refractivity contribution in [3.8, 4) is 0 Å². The molecule has 0 nitrogen and oxygen atoms in total. The molecule has 0 spiro atoms. The van der Waals surface area contributed by atoms with E-state index in [9.17, 15) is 8.78 Å². The highest BCUT2D eigenvalue weighted by atomic mass is 19.3. The van der Waals surface area contributed by atoms with Gasteiger partial charge in [0.25, 0.3) is 5.92 Å². The summed E-state index contributed by atoms with van der Waals surface area (Å²) in [6.07, 6.45) is 0. The Bertz CT molecular complexity index is 306. The summed E-state index contributed by atoms with van der Waals surface area (Å²) in [5.41, 5.74) is 1.21. The molecule has 0 aliphatic heterocycles. The second kappa shape index (κ2) is 4.30. The van der Waals surface area contributed by atoms with Crippen molar-refractivity contribution in [3.05, 3.63) is 35.4 Å². The summed E-state index contributed by atoms with van der Waals surface area (Å²) in [6.45, 7) is 7.30. The third-order valence-corrected chi connectivity index (χ3v) is 2.94. The van der Waals surface area contributed by atoms with Gasteiger partial charge in [-0.3, -0.25) is 0 Å². The minimum atomic E-state index is -2.74. The van der Waals surface area contributed by atoms with E-state index in [4.69, 9.17) is 0 Å². The fraction of sp³-hybridized carbons (Fsp3) is 0.538. The molecule has 0 radical (unpaired) electrons. The van der Waals surface area contributed by atoms with E-state index in [2.05, 4.69) is 20.8 Å². The molecule has 1 aromatic rings. The van der Waals surface area contributed by atoms with Crippen molar-refractivity contribution in [2.24, 2.45) is 5.92 Å². The lowest BCUT2D eigenvalue weighted by atomic mass is 9.89. The zero-order valence-electron chi connectivity index (χ0n) is 9.72. The first-order chi connectivity index (χ1) is 6.82. The van der Waals surface area contributed by atoms with E-state index in [-0.39, 0.29) is 5.56 Å². The summed E-state index contributed by atoms with van der Waals surface area (Å²) in [7, 11) is 0. The number of hydrogen-bond acceptors (Lipinski definition) is 0. The standard InChI is InChI=1S/C13H18F2/c1-9(2)10(3)11-5-7-12(8-6-11)13(4,14)15/h5-10H,1-4H3/t10-/m1/s1. The Labute approximate surface area is 90.3 Å². The summed E-state index contributed by atoms with van der Waals surface area (Å²) in [6, 6.07) is 6.65. The minimum absolute atomic E-state index is 0.0854. The first kappa shape index (κ1) is 12.2. The Morgan fingerprint density at radius 2 is 1.47 bits per heavy atom. The molecule has 15 heavy (non-hydrogen) atoms. The highest BCUT2D eigenvalue weighted by Crippen LogP contribution is 2.29. The van der Waals surface area contributed by atoms with Gasteiger partial charge in [0.2, 0.25) is 0 Å². The van der Waals surface area contributed by atoms with Crippen molar-refractivity contribution in [3.63, 3.8) is 0 Å². The number of hydrogen-bond donors (Lipinski definition) is 0. The van der Waals surface area contributed by atoms with Gasteiger partial charge in [0.05, 0.1) is 0 Å². The molecule has 0 heterocycles. The normalized spacial score (nSPS) is 14.3. The summed E-state index contributed by atoms with van der Waals surface area (Å²) >= 11 is 0. The van der Waals surface area contributed by atoms with Crippen LogP contribution in [0, 0.1) is 5.92 Å². The molecule has 0 amide bonds. The Morgan fingerprint density at radius 3 is 1.80 bits per heavy atom. The average Bonchev–Trinajstić information content (AvgIpc) is 2.15. The first-order valence-electron chi connectivity index (χ1n) is 5.30. The van der Waals surface area contributed by atoms with Crippen molar-refractivity contribution in [2.75, 3.05) is 0 Å². The van der Waals surface area contributed by atoms with Gasteiger partial charge >= 0.3 is 0 Å². The SMILES string of the molecule is CC(C)[C@@H](C)c1ccc(C(C)(F)F)cc1. The minimum Gasteiger partial charge on any atom is -0.202 e. The summed E-state index contributed by atoms with van der Waals surface area (Å²) in [5, 5.41) is 0. The molecular formula is C13H18F2. The van der Waals surface area contributed by atoms with Crippen LogP contribution in [-0.4, -0.2) is 0 Å². The maximum atomic E-state index is 12.9. The Kier molecular flexibility index (Phi) is 3.48. The van der Waals surface area contributed by atoms with Gasteiger partial charge in [0, 0.05) is 12.5 Å². The number of rotatable bonds is 3. The van der Waals surface area contributed by atoms with Crippen LogP contribution in [0.15, 0.2) is 24.3 Å². The van der Waals surface area contributed by atoms with Gasteiger partial charge in [-0.25, -0.2) is 8.78 Å². The van der Waals surface area contributed by atoms with Gasteiger partial charge in [0.1, 0.15) is 0 Å². The Hall–Kier alpha value is -0.920. The largest absolute Gasteiger partial charge is 0.270 e. The molecule has 84 valence electrons. The van der Waals surface area contributed by atoms with E-state index in [0.29, 0.717) is 11.8 Å². The summed E-state index contributed by atoms with van der Waals surface area (Å²) in [4.78, 5) is 0. The fourth-order valence-corrected chi connectivity index (χ4v) is 1.46. The molecule has 2 heteroatoms. The molecule has 1 atom stereocenters. The average molecular weight is 212 g/mol. The molecule has 0 N–H and O–H groups in total. The van der Waals surface area contributed by atoms with Crippen molar-refractivity contribution >= 4 is 0 Å². The van der Waals surface area contributed by atoms with Crippen molar-refractivity contribution in [1.82, 2.24) is 0 Å². The summed E-state index contributed by atoms with van der Waals surface area (Å²) < 4.78 is 25.9. The van der Waals surface area contributed by atoms with Crippen LogP contribution >= 0.6 is 0 Å². The zero-order valence-corrected chi connectivity index (χ0v) is 9.72. The molecule has 0 unspecified atom stereocenters. The molecule has 0 aliphatic rings. The monoisotopic (exact) mass is 212 g/mol. The molecule has 0 aromatic heterocycles. The number of alkyl halides is 2. The van der Waals surface area contributed by atoms with E-state index >= 15 is 0 Å². The highest BCUT2D eigenvalue weighted by Gasteiger charge is 2.24. The van der Waals surface area contributed by atoms with Crippen LogP contribution in [-0.2, 0) is 5.92 Å². The van der Waals surface area contributed by atoms with Crippen molar-refractivity contribution < 1.29 is 8.78 Å². The van der Waals surface area contributed by atoms with E-state index in [0.717, 1.165) is 12.5 Å². The topological polar surface area (TPSA) is 0 Å². The van der Waals surface area contributed by atoms with Gasteiger partial charge in [-0.05, 0) is 17.4 Å². The van der Waals surface area contributed by atoms with Crippen LogP contribution in [0.4, 0.5) is 8.78 Å². The predicted molar refractivity (Wildman–Crippen MR) is 59.3 cm³/mol. The summed E-state index contributed by atoms with van der Waals surface area (Å²) in [5.74, 6) is -1.80. The molecule has 0 bridgehead atoms. The molecule has 0 saturated heterocycles. The lowest BCUT2D eigenvalue weighted by molar-refractivity contribution is 0.0174. The van der Waals surface area contributed by atoms with Crippen LogP contribution < -0.4 is 0 Å². The fourth-order valence-electron chi connectivity index (χ4n) is 1.46. The Morgan fingerprint density at radius 1 is 1.00 bits per heavy atom. The lowest BCUT2D eigenvalue weighted by Gasteiger charge is -2.17. The molecule has 0 fully saturated rings. The van der Waals surface area contributed by atoms with E-state index in [1.807, 2.05) is 0 Å². The highest BCUT2D eigenvalue weighted by molar-refractivity contribution is 5.27. The number of benzene rings is 1. The lowest BCUT2D eigenvalue weighted by Crippen LogP contribution is -2.08. The van der Waals surface area contributed by atoms with Crippen LogP contribution in [0.3, 0.4) is 0 Å². The van der Waals surface area contributed by atoms with E-state index < -0.39 is 5.92 Å². The smallest absolute Gasteiger partial charge is 0.202 e. The van der Waals surface area contributed by atoms with Crippen molar-refractivity contribution in [2.45, 2.75) is 39.5 Å². The second-order valence-corrected chi connectivity index (χ2v) is 4.54. The molecule has 0 saturated carbocycles. The Balaban J connectivity index is 2.91. The molecule has 1 aromatic carbocycles. The van der Waals surface area contributed by atoms with Crippen LogP contribution in [0.25, 0.3) is 0 Å². The maximum Gasteiger partial charge on any atom is 0.270 e.